The lowest BCUT2D eigenvalue weighted by Gasteiger charge is -2.42. The Hall–Kier alpha value is -4.39. The van der Waals surface area contributed by atoms with Crippen LogP contribution in [0.15, 0.2) is 97.2 Å². The zero-order valence-corrected chi connectivity index (χ0v) is 19.9. The van der Waals surface area contributed by atoms with E-state index in [1.807, 2.05) is 91.0 Å². The summed E-state index contributed by atoms with van der Waals surface area (Å²) in [6, 6.07) is 28.9. The lowest BCUT2D eigenvalue weighted by atomic mass is 9.81. The molecule has 4 aromatic rings. The predicted octanol–water partition coefficient (Wildman–Crippen LogP) is 5.68. The minimum absolute atomic E-state index is 0.235. The number of nitrogens with zero attached hydrogens (tertiary/aromatic N) is 2. The molecule has 0 aliphatic carbocycles. The average Bonchev–Trinajstić information content (AvgIpc) is 2.93. The molecule has 0 radical (unpaired) electrons. The SMILES string of the molecule is O=C(Nc1nccc2ccccc12)NC1(c2ccccc2)CCN(C(=O)OCc2ccccc2)CC1. The number of piperidine rings is 1. The van der Waals surface area contributed by atoms with Crippen molar-refractivity contribution in [2.24, 2.45) is 0 Å². The van der Waals surface area contributed by atoms with Crippen molar-refractivity contribution < 1.29 is 14.3 Å². The van der Waals surface area contributed by atoms with Gasteiger partial charge in [0.15, 0.2) is 0 Å². The number of nitrogens with one attached hydrogen (secondary N) is 2. The lowest BCUT2D eigenvalue weighted by molar-refractivity contribution is 0.0738. The summed E-state index contributed by atoms with van der Waals surface area (Å²) in [5.74, 6) is 0.510. The highest BCUT2D eigenvalue weighted by atomic mass is 16.6. The summed E-state index contributed by atoms with van der Waals surface area (Å²) in [6.07, 6.45) is 2.47. The second kappa shape index (κ2) is 10.5. The molecule has 0 spiro atoms. The molecule has 7 heteroatoms. The topological polar surface area (TPSA) is 83.6 Å². The highest BCUT2D eigenvalue weighted by Gasteiger charge is 2.39. The maximum atomic E-state index is 13.2. The van der Waals surface area contributed by atoms with Gasteiger partial charge in [-0.1, -0.05) is 84.9 Å². The number of rotatable bonds is 5. The van der Waals surface area contributed by atoms with E-state index in [1.54, 1.807) is 11.1 Å². The van der Waals surface area contributed by atoms with Gasteiger partial charge in [0.1, 0.15) is 12.4 Å². The highest BCUT2D eigenvalue weighted by molar-refractivity contribution is 5.99. The Balaban J connectivity index is 1.28. The van der Waals surface area contributed by atoms with E-state index < -0.39 is 5.54 Å². The van der Waals surface area contributed by atoms with Crippen molar-refractivity contribution in [3.05, 3.63) is 108 Å². The Morgan fingerprint density at radius 1 is 0.861 bits per heavy atom. The van der Waals surface area contributed by atoms with E-state index in [4.69, 9.17) is 4.74 Å². The smallest absolute Gasteiger partial charge is 0.410 e. The monoisotopic (exact) mass is 480 g/mol. The molecule has 1 aliphatic rings. The molecule has 5 rings (SSSR count). The van der Waals surface area contributed by atoms with Gasteiger partial charge in [-0.05, 0) is 35.4 Å². The van der Waals surface area contributed by atoms with Gasteiger partial charge in [-0.15, -0.1) is 0 Å². The highest BCUT2D eigenvalue weighted by Crippen LogP contribution is 2.33. The van der Waals surface area contributed by atoms with Crippen molar-refractivity contribution in [1.82, 2.24) is 15.2 Å². The first kappa shape index (κ1) is 23.4. The van der Waals surface area contributed by atoms with Crippen LogP contribution < -0.4 is 10.6 Å². The maximum Gasteiger partial charge on any atom is 0.410 e. The van der Waals surface area contributed by atoms with Gasteiger partial charge < -0.3 is 15.0 Å². The van der Waals surface area contributed by atoms with Crippen LogP contribution in [0.5, 0.6) is 0 Å². The van der Waals surface area contributed by atoms with Gasteiger partial charge in [0, 0.05) is 24.7 Å². The average molecular weight is 481 g/mol. The molecule has 7 nitrogen and oxygen atoms in total. The van der Waals surface area contributed by atoms with Crippen LogP contribution in [-0.4, -0.2) is 35.1 Å². The van der Waals surface area contributed by atoms with Crippen LogP contribution in [0.2, 0.25) is 0 Å². The zero-order valence-electron chi connectivity index (χ0n) is 19.9. The summed E-state index contributed by atoms with van der Waals surface area (Å²) in [5.41, 5.74) is 1.33. The molecular weight excluding hydrogens is 452 g/mol. The summed E-state index contributed by atoms with van der Waals surface area (Å²) in [7, 11) is 0. The Labute approximate surface area is 210 Å². The molecule has 182 valence electrons. The van der Waals surface area contributed by atoms with Crippen molar-refractivity contribution in [3.63, 3.8) is 0 Å². The normalized spacial score (nSPS) is 14.7. The lowest BCUT2D eigenvalue weighted by Crippen LogP contribution is -2.55. The number of hydrogen-bond donors (Lipinski definition) is 2. The standard InChI is InChI=1S/C29H28N4O3/c34-27(31-26-25-14-8-7-11-23(25)15-18-30-26)32-29(24-12-5-2-6-13-24)16-19-33(20-17-29)28(35)36-21-22-9-3-1-4-10-22/h1-15,18H,16-17,19-21H2,(H2,30,31,32,34). The molecule has 0 bridgehead atoms. The molecule has 1 fully saturated rings. The largest absolute Gasteiger partial charge is 0.445 e. The quantitative estimate of drug-likeness (QED) is 0.385. The molecule has 2 N–H and O–H groups in total. The van der Waals surface area contributed by atoms with E-state index in [1.165, 1.54) is 0 Å². The van der Waals surface area contributed by atoms with Crippen LogP contribution in [0, 0.1) is 0 Å². The Morgan fingerprint density at radius 3 is 2.28 bits per heavy atom. The van der Waals surface area contributed by atoms with E-state index in [2.05, 4.69) is 15.6 Å². The first-order chi connectivity index (χ1) is 17.6. The molecule has 36 heavy (non-hydrogen) atoms. The van der Waals surface area contributed by atoms with E-state index >= 15 is 0 Å². The van der Waals surface area contributed by atoms with E-state index in [0.29, 0.717) is 31.7 Å². The number of fused-ring (bicyclic) bond motifs is 1. The molecule has 0 unspecified atom stereocenters. The van der Waals surface area contributed by atoms with Gasteiger partial charge in [-0.25, -0.2) is 14.6 Å². The second-order valence-electron chi connectivity index (χ2n) is 8.94. The van der Waals surface area contributed by atoms with Crippen LogP contribution in [-0.2, 0) is 16.9 Å². The van der Waals surface area contributed by atoms with Crippen molar-refractivity contribution in [3.8, 4) is 0 Å². The first-order valence-electron chi connectivity index (χ1n) is 12.1. The summed E-state index contributed by atoms with van der Waals surface area (Å²) >= 11 is 0. The molecule has 1 aromatic heterocycles. The summed E-state index contributed by atoms with van der Waals surface area (Å²) in [5, 5.41) is 8.02. The van der Waals surface area contributed by atoms with Crippen molar-refractivity contribution in [2.75, 3.05) is 18.4 Å². The molecule has 0 saturated carbocycles. The van der Waals surface area contributed by atoms with E-state index in [9.17, 15) is 9.59 Å². The molecular formula is C29H28N4O3. The Morgan fingerprint density at radius 2 is 1.53 bits per heavy atom. The van der Waals surface area contributed by atoms with Crippen LogP contribution in [0.4, 0.5) is 15.4 Å². The summed E-state index contributed by atoms with van der Waals surface area (Å²) < 4.78 is 5.52. The number of aromatic nitrogens is 1. The van der Waals surface area contributed by atoms with Gasteiger partial charge in [-0.2, -0.15) is 0 Å². The van der Waals surface area contributed by atoms with Crippen molar-refractivity contribution >= 4 is 28.7 Å². The number of urea groups is 1. The van der Waals surface area contributed by atoms with Crippen LogP contribution in [0.3, 0.4) is 0 Å². The molecule has 3 aromatic carbocycles. The third kappa shape index (κ3) is 5.15. The number of ether oxygens (including phenoxy) is 1. The van der Waals surface area contributed by atoms with Crippen LogP contribution in [0.1, 0.15) is 24.0 Å². The second-order valence-corrected chi connectivity index (χ2v) is 8.94. The van der Waals surface area contributed by atoms with Crippen LogP contribution >= 0.6 is 0 Å². The number of benzene rings is 3. The fourth-order valence-electron chi connectivity index (χ4n) is 4.70. The first-order valence-corrected chi connectivity index (χ1v) is 12.1. The predicted molar refractivity (Wildman–Crippen MR) is 139 cm³/mol. The Bertz CT molecular complexity index is 1330. The number of carbonyl (C=O) groups is 2. The van der Waals surface area contributed by atoms with Gasteiger partial charge in [0.2, 0.25) is 0 Å². The van der Waals surface area contributed by atoms with E-state index in [0.717, 1.165) is 21.9 Å². The van der Waals surface area contributed by atoms with Crippen molar-refractivity contribution in [2.45, 2.75) is 25.0 Å². The minimum atomic E-state index is -0.619. The number of amides is 3. The van der Waals surface area contributed by atoms with Crippen LogP contribution in [0.25, 0.3) is 10.8 Å². The molecule has 2 heterocycles. The van der Waals surface area contributed by atoms with Crippen molar-refractivity contribution in [1.29, 1.82) is 0 Å². The number of hydrogen-bond acceptors (Lipinski definition) is 4. The third-order valence-electron chi connectivity index (χ3n) is 6.67. The zero-order chi connectivity index (χ0) is 24.8. The van der Waals surface area contributed by atoms with Gasteiger partial charge >= 0.3 is 12.1 Å². The number of pyridine rings is 1. The fourth-order valence-corrected chi connectivity index (χ4v) is 4.70. The third-order valence-corrected chi connectivity index (χ3v) is 6.67. The fraction of sp³-hybridized carbons (Fsp3) is 0.207. The van der Waals surface area contributed by atoms with Gasteiger partial charge in [-0.3, -0.25) is 5.32 Å². The molecule has 3 amide bonds. The summed E-state index contributed by atoms with van der Waals surface area (Å²) in [6.45, 7) is 1.17. The van der Waals surface area contributed by atoms with Gasteiger partial charge in [0.25, 0.3) is 0 Å². The minimum Gasteiger partial charge on any atom is -0.445 e. The summed E-state index contributed by atoms with van der Waals surface area (Å²) in [4.78, 5) is 32.0. The Kier molecular flexibility index (Phi) is 6.80. The number of likely N-dealkylation sites (tertiary alicyclic amines) is 1. The molecule has 1 saturated heterocycles. The number of anilines is 1. The molecule has 1 aliphatic heterocycles. The van der Waals surface area contributed by atoms with Gasteiger partial charge in [0.05, 0.1) is 5.54 Å². The maximum absolute atomic E-state index is 13.2. The van der Waals surface area contributed by atoms with E-state index in [-0.39, 0.29) is 18.7 Å². The number of carbonyl (C=O) groups excluding carboxylic acids is 2. The molecule has 0 atom stereocenters.